The molecular weight excluding hydrogens is 394 g/mol. The van der Waals surface area contributed by atoms with Gasteiger partial charge < -0.3 is 0 Å². The van der Waals surface area contributed by atoms with E-state index in [0.29, 0.717) is 0 Å². The Morgan fingerprint density at radius 2 is 1.63 bits per heavy atom. The summed E-state index contributed by atoms with van der Waals surface area (Å²) in [5.41, 5.74) is 3.33. The van der Waals surface area contributed by atoms with Crippen molar-refractivity contribution in [1.29, 1.82) is 0 Å². The molecule has 1 fully saturated rings. The average Bonchev–Trinajstić information content (AvgIpc) is 2.73. The van der Waals surface area contributed by atoms with Crippen LogP contribution in [0.1, 0.15) is 29.7 Å². The van der Waals surface area contributed by atoms with Crippen molar-refractivity contribution in [1.82, 2.24) is 9.80 Å². The molecule has 158 valence electrons. The van der Waals surface area contributed by atoms with Gasteiger partial charge in [0.15, 0.2) is 0 Å². The summed E-state index contributed by atoms with van der Waals surface area (Å²) in [6.45, 7) is 7.35. The van der Waals surface area contributed by atoms with E-state index in [9.17, 15) is 8.42 Å². The van der Waals surface area contributed by atoms with Crippen molar-refractivity contribution in [3.05, 3.63) is 83.4 Å². The van der Waals surface area contributed by atoms with Gasteiger partial charge in [-0.05, 0) is 40.5 Å². The Hall–Kier alpha value is -2.25. The number of hydrogen-bond acceptors (Lipinski definition) is 4. The van der Waals surface area contributed by atoms with Gasteiger partial charge in [0.05, 0.1) is 5.75 Å². The number of nitrogens with two attached hydrogens (primary N) is 1. The normalized spacial score (nSPS) is 17.3. The highest BCUT2D eigenvalue weighted by Crippen LogP contribution is 2.30. The summed E-state index contributed by atoms with van der Waals surface area (Å²) >= 11 is 0. The van der Waals surface area contributed by atoms with Crippen LogP contribution in [0.25, 0.3) is 10.8 Å². The third kappa shape index (κ3) is 5.08. The molecule has 1 unspecified atom stereocenters. The van der Waals surface area contributed by atoms with Crippen LogP contribution in [0.5, 0.6) is 0 Å². The number of hydrogen-bond donors (Lipinski definition) is 1. The first-order valence-corrected chi connectivity index (χ1v) is 12.1. The minimum Gasteiger partial charge on any atom is -0.297 e. The molecule has 0 saturated carbocycles. The van der Waals surface area contributed by atoms with E-state index < -0.39 is 10.0 Å². The molecule has 0 aliphatic carbocycles. The van der Waals surface area contributed by atoms with E-state index in [-0.39, 0.29) is 11.8 Å². The molecule has 1 aliphatic heterocycles. The molecule has 1 saturated heterocycles. The minimum atomic E-state index is -3.55. The number of rotatable bonds is 6. The van der Waals surface area contributed by atoms with Crippen LogP contribution in [0.3, 0.4) is 0 Å². The van der Waals surface area contributed by atoms with Crippen LogP contribution < -0.4 is 5.14 Å². The second kappa shape index (κ2) is 8.86. The summed E-state index contributed by atoms with van der Waals surface area (Å²) < 4.78 is 23.1. The van der Waals surface area contributed by atoms with Gasteiger partial charge in [-0.25, -0.2) is 13.6 Å². The van der Waals surface area contributed by atoms with Gasteiger partial charge in [0.25, 0.3) is 0 Å². The van der Waals surface area contributed by atoms with Crippen LogP contribution in [0.2, 0.25) is 0 Å². The number of fused-ring (bicyclic) bond motifs is 1. The monoisotopic (exact) mass is 423 g/mol. The van der Waals surface area contributed by atoms with Gasteiger partial charge >= 0.3 is 0 Å². The second-order valence-electron chi connectivity index (χ2n) is 8.18. The average molecular weight is 424 g/mol. The van der Waals surface area contributed by atoms with Gasteiger partial charge in [0.2, 0.25) is 10.0 Å². The topological polar surface area (TPSA) is 66.6 Å². The molecule has 0 aromatic heterocycles. The van der Waals surface area contributed by atoms with Crippen LogP contribution in [0.4, 0.5) is 0 Å². The van der Waals surface area contributed by atoms with Gasteiger partial charge in [0, 0.05) is 38.8 Å². The Morgan fingerprint density at radius 3 is 2.33 bits per heavy atom. The van der Waals surface area contributed by atoms with Crippen LogP contribution >= 0.6 is 0 Å². The number of benzene rings is 3. The van der Waals surface area contributed by atoms with E-state index in [2.05, 4.69) is 65.3 Å². The molecule has 4 rings (SSSR count). The summed E-state index contributed by atoms with van der Waals surface area (Å²) in [4.78, 5) is 5.02. The zero-order chi connectivity index (χ0) is 21.1. The van der Waals surface area contributed by atoms with Crippen molar-refractivity contribution in [2.75, 3.05) is 26.2 Å². The highest BCUT2D eigenvalue weighted by Gasteiger charge is 2.23. The molecule has 0 radical (unpaired) electrons. The molecule has 30 heavy (non-hydrogen) atoms. The van der Waals surface area contributed by atoms with E-state index >= 15 is 0 Å². The summed E-state index contributed by atoms with van der Waals surface area (Å²) in [7, 11) is -3.55. The third-order valence-electron chi connectivity index (χ3n) is 6.00. The molecule has 0 amide bonds. The van der Waals surface area contributed by atoms with Gasteiger partial charge in [-0.3, -0.25) is 9.80 Å². The lowest BCUT2D eigenvalue weighted by Gasteiger charge is -2.38. The van der Waals surface area contributed by atoms with E-state index in [1.807, 2.05) is 18.2 Å². The van der Waals surface area contributed by atoms with Gasteiger partial charge in [-0.2, -0.15) is 0 Å². The van der Waals surface area contributed by atoms with Gasteiger partial charge in [-0.1, -0.05) is 60.7 Å². The summed E-state index contributed by atoms with van der Waals surface area (Å²) in [5.74, 6) is -0.135. The van der Waals surface area contributed by atoms with Crippen molar-refractivity contribution in [3.8, 4) is 0 Å². The Labute approximate surface area is 179 Å². The van der Waals surface area contributed by atoms with Crippen molar-refractivity contribution in [2.45, 2.75) is 25.3 Å². The van der Waals surface area contributed by atoms with E-state index in [4.69, 9.17) is 5.14 Å². The molecule has 6 heteroatoms. The predicted octanol–water partition coefficient (Wildman–Crippen LogP) is 3.51. The number of piperazine rings is 1. The van der Waals surface area contributed by atoms with Gasteiger partial charge in [0.1, 0.15) is 0 Å². The zero-order valence-electron chi connectivity index (χ0n) is 17.4. The molecular formula is C24H29N3O2S. The molecule has 3 aromatic carbocycles. The second-order valence-corrected chi connectivity index (χ2v) is 9.80. The summed E-state index contributed by atoms with van der Waals surface area (Å²) in [6.07, 6.45) is 0. The fourth-order valence-corrected chi connectivity index (χ4v) is 5.02. The first kappa shape index (κ1) is 21.0. The van der Waals surface area contributed by atoms with Crippen molar-refractivity contribution in [2.24, 2.45) is 5.14 Å². The summed E-state index contributed by atoms with van der Waals surface area (Å²) in [5, 5.41) is 7.49. The van der Waals surface area contributed by atoms with E-state index in [1.54, 1.807) is 0 Å². The highest BCUT2D eigenvalue weighted by atomic mass is 32.2. The number of sulfonamides is 1. The molecule has 5 nitrogen and oxygen atoms in total. The van der Waals surface area contributed by atoms with Crippen LogP contribution in [-0.4, -0.2) is 44.4 Å². The smallest absolute Gasteiger partial charge is 0.213 e. The van der Waals surface area contributed by atoms with E-state index in [0.717, 1.165) is 49.1 Å². The van der Waals surface area contributed by atoms with Crippen LogP contribution in [0.15, 0.2) is 66.7 Å². The zero-order valence-corrected chi connectivity index (χ0v) is 18.2. The Balaban J connectivity index is 1.49. The van der Waals surface area contributed by atoms with Crippen LogP contribution in [0, 0.1) is 0 Å². The molecule has 1 heterocycles. The quantitative estimate of drug-likeness (QED) is 0.659. The fraction of sp³-hybridized carbons (Fsp3) is 0.333. The molecule has 2 N–H and O–H groups in total. The predicted molar refractivity (Wildman–Crippen MR) is 122 cm³/mol. The Morgan fingerprint density at radius 1 is 0.900 bits per heavy atom. The number of primary sulfonamides is 1. The first-order valence-electron chi connectivity index (χ1n) is 10.4. The van der Waals surface area contributed by atoms with Crippen molar-refractivity contribution >= 4 is 20.8 Å². The third-order valence-corrected chi connectivity index (χ3v) is 6.74. The Kier molecular flexibility index (Phi) is 6.20. The minimum absolute atomic E-state index is 0.135. The lowest BCUT2D eigenvalue weighted by atomic mass is 9.97. The van der Waals surface area contributed by atoms with Crippen molar-refractivity contribution in [3.63, 3.8) is 0 Å². The highest BCUT2D eigenvalue weighted by molar-refractivity contribution is 7.88. The number of nitrogens with zero attached hydrogens (tertiary/aromatic N) is 2. The lowest BCUT2D eigenvalue weighted by Crippen LogP contribution is -2.46. The van der Waals surface area contributed by atoms with Crippen LogP contribution in [-0.2, 0) is 22.3 Å². The summed E-state index contributed by atoms with van der Waals surface area (Å²) in [6, 6.07) is 23.0. The molecule has 1 aliphatic rings. The van der Waals surface area contributed by atoms with Gasteiger partial charge in [-0.15, -0.1) is 0 Å². The molecule has 0 spiro atoms. The fourth-order valence-electron chi connectivity index (χ4n) is 4.38. The van der Waals surface area contributed by atoms with Crippen molar-refractivity contribution < 1.29 is 8.42 Å². The largest absolute Gasteiger partial charge is 0.297 e. The molecule has 3 aromatic rings. The maximum absolute atomic E-state index is 11.5. The standard InChI is InChI=1S/C24H29N3O2S/c1-19(27-14-12-26(13-15-27)17-20-6-3-2-4-7-20)23-9-5-8-22-11-10-21(16-24(22)23)18-30(25,28)29/h2-11,16,19H,12-15,17-18H2,1H3,(H2,25,28,29). The maximum Gasteiger partial charge on any atom is 0.213 e. The first-order chi connectivity index (χ1) is 14.4. The van der Waals surface area contributed by atoms with E-state index in [1.165, 1.54) is 11.1 Å². The maximum atomic E-state index is 11.5. The molecule has 0 bridgehead atoms. The Bertz CT molecular complexity index is 1110. The SMILES string of the molecule is CC(c1cccc2ccc(CS(N)(=O)=O)cc12)N1CCN(Cc2ccccc2)CC1. The lowest BCUT2D eigenvalue weighted by molar-refractivity contribution is 0.0983. The molecule has 1 atom stereocenters.